The summed E-state index contributed by atoms with van der Waals surface area (Å²) >= 11 is 0. The second kappa shape index (κ2) is 10.4. The predicted molar refractivity (Wildman–Crippen MR) is 139 cm³/mol. The molecule has 1 fully saturated rings. The van der Waals surface area contributed by atoms with Crippen LogP contribution in [0.5, 0.6) is 5.75 Å². The number of ether oxygens (including phenoxy) is 1. The predicted octanol–water partition coefficient (Wildman–Crippen LogP) is 4.14. The number of nitrogens with zero attached hydrogens (tertiary/aromatic N) is 2. The number of benzene rings is 3. The third-order valence-electron chi connectivity index (χ3n) is 6.32. The van der Waals surface area contributed by atoms with Gasteiger partial charge in [0.1, 0.15) is 5.75 Å². The van der Waals surface area contributed by atoms with E-state index < -0.39 is 10.0 Å². The van der Waals surface area contributed by atoms with Crippen LogP contribution in [0.15, 0.2) is 71.6 Å². The van der Waals surface area contributed by atoms with Crippen molar-refractivity contribution in [3.8, 4) is 5.75 Å². The fourth-order valence-electron chi connectivity index (χ4n) is 4.15. The standard InChI is InChI=1S/C27H31N3O4S/c1-20-6-4-8-23(18-20)28-35(32,33)25-12-10-24(11-13-25)34-19-27(31)30-16-14-29(15-17-30)26-9-5-7-21(2)22(26)3/h4-13,18,28H,14-17,19H2,1-3H3. The molecule has 1 aliphatic heterocycles. The highest BCUT2D eigenvalue weighted by atomic mass is 32.2. The van der Waals surface area contributed by atoms with Crippen LogP contribution in [0.25, 0.3) is 0 Å². The Bertz CT molecular complexity index is 1300. The third kappa shape index (κ3) is 5.95. The van der Waals surface area contributed by atoms with Gasteiger partial charge in [0.05, 0.1) is 4.90 Å². The summed E-state index contributed by atoms with van der Waals surface area (Å²) in [5.74, 6) is 0.366. The molecule has 3 aromatic rings. The summed E-state index contributed by atoms with van der Waals surface area (Å²) in [6.45, 7) is 8.87. The Hall–Kier alpha value is -3.52. The number of carbonyl (C=O) groups is 1. The molecule has 0 atom stereocenters. The van der Waals surface area contributed by atoms with Crippen LogP contribution in [-0.2, 0) is 14.8 Å². The van der Waals surface area contributed by atoms with Crippen LogP contribution in [0, 0.1) is 20.8 Å². The maximum absolute atomic E-state index is 12.7. The number of carbonyl (C=O) groups excluding carboxylic acids is 1. The number of piperazine rings is 1. The number of rotatable bonds is 7. The minimum atomic E-state index is -3.71. The lowest BCUT2D eigenvalue weighted by Crippen LogP contribution is -2.50. The zero-order chi connectivity index (χ0) is 25.0. The number of amides is 1. The molecule has 35 heavy (non-hydrogen) atoms. The summed E-state index contributed by atoms with van der Waals surface area (Å²) in [4.78, 5) is 16.9. The van der Waals surface area contributed by atoms with E-state index in [4.69, 9.17) is 4.74 Å². The SMILES string of the molecule is Cc1cccc(NS(=O)(=O)c2ccc(OCC(=O)N3CCN(c4cccc(C)c4C)CC3)cc2)c1. The van der Waals surface area contributed by atoms with Gasteiger partial charge in [-0.05, 0) is 79.9 Å². The number of nitrogens with one attached hydrogen (secondary N) is 1. The van der Waals surface area contributed by atoms with Crippen LogP contribution in [0.4, 0.5) is 11.4 Å². The molecule has 1 heterocycles. The van der Waals surface area contributed by atoms with E-state index in [0.717, 1.165) is 18.7 Å². The molecule has 7 nitrogen and oxygen atoms in total. The molecule has 0 radical (unpaired) electrons. The van der Waals surface area contributed by atoms with Crippen LogP contribution in [0.1, 0.15) is 16.7 Å². The van der Waals surface area contributed by atoms with Crippen molar-refractivity contribution < 1.29 is 17.9 Å². The highest BCUT2D eigenvalue weighted by Gasteiger charge is 2.23. The molecule has 0 unspecified atom stereocenters. The van der Waals surface area contributed by atoms with E-state index in [0.29, 0.717) is 24.5 Å². The van der Waals surface area contributed by atoms with E-state index in [-0.39, 0.29) is 17.4 Å². The minimum Gasteiger partial charge on any atom is -0.484 e. The van der Waals surface area contributed by atoms with E-state index in [1.165, 1.54) is 28.9 Å². The Balaban J connectivity index is 1.29. The highest BCUT2D eigenvalue weighted by Crippen LogP contribution is 2.24. The van der Waals surface area contributed by atoms with Gasteiger partial charge in [-0.2, -0.15) is 0 Å². The van der Waals surface area contributed by atoms with E-state index in [1.54, 1.807) is 30.3 Å². The first-order valence-electron chi connectivity index (χ1n) is 11.6. The Morgan fingerprint density at radius 3 is 2.29 bits per heavy atom. The first kappa shape index (κ1) is 24.6. The summed E-state index contributed by atoms with van der Waals surface area (Å²) in [6.07, 6.45) is 0. The van der Waals surface area contributed by atoms with Gasteiger partial charge in [-0.1, -0.05) is 24.3 Å². The van der Waals surface area contributed by atoms with Gasteiger partial charge in [-0.3, -0.25) is 9.52 Å². The monoisotopic (exact) mass is 493 g/mol. The van der Waals surface area contributed by atoms with E-state index >= 15 is 0 Å². The summed E-state index contributed by atoms with van der Waals surface area (Å²) in [5, 5.41) is 0. The molecule has 4 rings (SSSR count). The number of hydrogen-bond donors (Lipinski definition) is 1. The topological polar surface area (TPSA) is 78.9 Å². The van der Waals surface area contributed by atoms with Gasteiger partial charge in [0, 0.05) is 37.6 Å². The van der Waals surface area contributed by atoms with Gasteiger partial charge in [0.15, 0.2) is 6.61 Å². The second-order valence-corrected chi connectivity index (χ2v) is 10.5. The average Bonchev–Trinajstić information content (AvgIpc) is 2.84. The maximum atomic E-state index is 12.7. The van der Waals surface area contributed by atoms with Gasteiger partial charge in [0.25, 0.3) is 15.9 Å². The van der Waals surface area contributed by atoms with E-state index in [1.807, 2.05) is 17.9 Å². The number of aryl methyl sites for hydroxylation is 2. The summed E-state index contributed by atoms with van der Waals surface area (Å²) in [7, 11) is -3.71. The molecule has 0 saturated carbocycles. The Morgan fingerprint density at radius 2 is 1.60 bits per heavy atom. The van der Waals surface area contributed by atoms with Crippen molar-refractivity contribution in [3.63, 3.8) is 0 Å². The first-order valence-corrected chi connectivity index (χ1v) is 13.1. The number of sulfonamides is 1. The molecule has 1 aliphatic rings. The molecule has 1 N–H and O–H groups in total. The van der Waals surface area contributed by atoms with E-state index in [2.05, 4.69) is 41.7 Å². The molecule has 0 aliphatic carbocycles. The molecule has 8 heteroatoms. The molecule has 0 bridgehead atoms. The van der Waals surface area contributed by atoms with Crippen molar-refractivity contribution in [2.24, 2.45) is 0 Å². The van der Waals surface area contributed by atoms with Crippen LogP contribution < -0.4 is 14.4 Å². The van der Waals surface area contributed by atoms with Crippen LogP contribution in [0.2, 0.25) is 0 Å². The lowest BCUT2D eigenvalue weighted by atomic mass is 10.1. The zero-order valence-electron chi connectivity index (χ0n) is 20.3. The number of hydrogen-bond acceptors (Lipinski definition) is 5. The van der Waals surface area contributed by atoms with Crippen molar-refractivity contribution in [3.05, 3.63) is 83.4 Å². The Morgan fingerprint density at radius 1 is 0.914 bits per heavy atom. The molecule has 184 valence electrons. The summed E-state index contributed by atoms with van der Waals surface area (Å²) < 4.78 is 33.5. The molecule has 1 saturated heterocycles. The summed E-state index contributed by atoms with van der Waals surface area (Å²) in [5.41, 5.74) is 5.23. The normalized spacial score (nSPS) is 14.0. The van der Waals surface area contributed by atoms with Crippen molar-refractivity contribution >= 4 is 27.3 Å². The Kier molecular flexibility index (Phi) is 7.31. The molecule has 0 spiro atoms. The fourth-order valence-corrected chi connectivity index (χ4v) is 5.20. The Labute approximate surface area is 207 Å². The largest absolute Gasteiger partial charge is 0.484 e. The smallest absolute Gasteiger partial charge is 0.261 e. The third-order valence-corrected chi connectivity index (χ3v) is 7.71. The number of anilines is 2. The first-order chi connectivity index (χ1) is 16.7. The zero-order valence-corrected chi connectivity index (χ0v) is 21.1. The van der Waals surface area contributed by atoms with Crippen molar-refractivity contribution in [2.75, 3.05) is 42.4 Å². The minimum absolute atomic E-state index is 0.0802. The molecular formula is C27H31N3O4S. The quantitative estimate of drug-likeness (QED) is 0.535. The van der Waals surface area contributed by atoms with Crippen LogP contribution in [0.3, 0.4) is 0 Å². The molecule has 0 aromatic heterocycles. The lowest BCUT2D eigenvalue weighted by molar-refractivity contribution is -0.133. The second-order valence-electron chi connectivity index (χ2n) is 8.82. The van der Waals surface area contributed by atoms with Crippen molar-refractivity contribution in [1.29, 1.82) is 0 Å². The molecule has 3 aromatic carbocycles. The van der Waals surface area contributed by atoms with Crippen molar-refractivity contribution in [2.45, 2.75) is 25.7 Å². The fraction of sp³-hybridized carbons (Fsp3) is 0.296. The lowest BCUT2D eigenvalue weighted by Gasteiger charge is -2.37. The van der Waals surface area contributed by atoms with Crippen LogP contribution in [-0.4, -0.2) is 52.0 Å². The van der Waals surface area contributed by atoms with Gasteiger partial charge in [-0.25, -0.2) is 8.42 Å². The van der Waals surface area contributed by atoms with Crippen LogP contribution >= 0.6 is 0 Å². The summed E-state index contributed by atoms with van der Waals surface area (Å²) in [6, 6.07) is 19.5. The van der Waals surface area contributed by atoms with Gasteiger partial charge >= 0.3 is 0 Å². The van der Waals surface area contributed by atoms with Crippen molar-refractivity contribution in [1.82, 2.24) is 4.90 Å². The van der Waals surface area contributed by atoms with Gasteiger partial charge < -0.3 is 14.5 Å². The van der Waals surface area contributed by atoms with E-state index in [9.17, 15) is 13.2 Å². The molecular weight excluding hydrogens is 462 g/mol. The van der Waals surface area contributed by atoms with Gasteiger partial charge in [0.2, 0.25) is 0 Å². The van der Waals surface area contributed by atoms with Gasteiger partial charge in [-0.15, -0.1) is 0 Å². The maximum Gasteiger partial charge on any atom is 0.261 e. The highest BCUT2D eigenvalue weighted by molar-refractivity contribution is 7.92. The average molecular weight is 494 g/mol. The molecule has 1 amide bonds.